The van der Waals surface area contributed by atoms with Crippen LogP contribution in [0.2, 0.25) is 5.28 Å². The van der Waals surface area contributed by atoms with E-state index in [2.05, 4.69) is 31.2 Å². The Morgan fingerprint density at radius 3 is 2.73 bits per heavy atom. The Kier molecular flexibility index (Phi) is 2.80. The average Bonchev–Trinajstić information content (AvgIpc) is 2.23. The Balaban J connectivity index is 2.89. The molecule has 2 aromatic rings. The van der Waals surface area contributed by atoms with Gasteiger partial charge in [0.1, 0.15) is 5.82 Å². The van der Waals surface area contributed by atoms with Crippen LogP contribution in [0.25, 0.3) is 10.9 Å². The molecule has 15 heavy (non-hydrogen) atoms. The fourth-order valence-corrected chi connectivity index (χ4v) is 1.96. The summed E-state index contributed by atoms with van der Waals surface area (Å²) in [6, 6.07) is 3.95. The summed E-state index contributed by atoms with van der Waals surface area (Å²) in [6.07, 6.45) is 0. The lowest BCUT2D eigenvalue weighted by atomic mass is 10.1. The monoisotopic (exact) mass is 285 g/mol. The van der Waals surface area contributed by atoms with Crippen molar-refractivity contribution in [3.63, 3.8) is 0 Å². The highest BCUT2D eigenvalue weighted by Gasteiger charge is 2.09. The first-order chi connectivity index (χ1) is 7.13. The molecule has 0 aliphatic heterocycles. The smallest absolute Gasteiger partial charge is 0.224 e. The van der Waals surface area contributed by atoms with Gasteiger partial charge in [-0.15, -0.1) is 0 Å². The third-order valence-corrected chi connectivity index (χ3v) is 3.29. The number of fused-ring (bicyclic) bond motifs is 1. The Bertz CT molecular complexity index is 528. The van der Waals surface area contributed by atoms with Gasteiger partial charge in [0.15, 0.2) is 0 Å². The number of nitrogens with one attached hydrogen (secondary N) is 1. The summed E-state index contributed by atoms with van der Waals surface area (Å²) in [4.78, 5) is 8.35. The maximum atomic E-state index is 5.85. The molecule has 5 heteroatoms. The van der Waals surface area contributed by atoms with Gasteiger partial charge in [0.25, 0.3) is 0 Å². The molecule has 0 radical (unpaired) electrons. The minimum atomic E-state index is 0.257. The van der Waals surface area contributed by atoms with Gasteiger partial charge in [-0.1, -0.05) is 15.9 Å². The van der Waals surface area contributed by atoms with Crippen LogP contribution in [-0.2, 0) is 0 Å². The molecule has 0 bridgehead atoms. The molecule has 0 amide bonds. The maximum absolute atomic E-state index is 5.85. The second kappa shape index (κ2) is 3.94. The summed E-state index contributed by atoms with van der Waals surface area (Å²) in [6.45, 7) is 2.00. The molecule has 2 rings (SSSR count). The molecule has 0 aliphatic rings. The Labute approximate surface area is 101 Å². The van der Waals surface area contributed by atoms with Gasteiger partial charge in [0.05, 0.1) is 5.52 Å². The van der Waals surface area contributed by atoms with Crippen molar-refractivity contribution in [2.24, 2.45) is 0 Å². The van der Waals surface area contributed by atoms with Gasteiger partial charge in [0, 0.05) is 16.9 Å². The molecule has 3 nitrogen and oxygen atoms in total. The first kappa shape index (κ1) is 10.6. The third kappa shape index (κ3) is 1.79. The van der Waals surface area contributed by atoms with Crippen molar-refractivity contribution in [1.29, 1.82) is 0 Å². The number of rotatable bonds is 1. The number of aromatic nitrogens is 2. The second-order valence-corrected chi connectivity index (χ2v) is 4.35. The van der Waals surface area contributed by atoms with E-state index in [1.807, 2.05) is 26.1 Å². The SMILES string of the molecule is CNc1nc(Cl)nc2c(C)c(Br)ccc12. The van der Waals surface area contributed by atoms with E-state index in [4.69, 9.17) is 11.6 Å². The van der Waals surface area contributed by atoms with Gasteiger partial charge in [-0.05, 0) is 36.2 Å². The number of anilines is 1. The number of hydrogen-bond donors (Lipinski definition) is 1. The van der Waals surface area contributed by atoms with Crippen molar-refractivity contribution in [1.82, 2.24) is 9.97 Å². The fraction of sp³-hybridized carbons (Fsp3) is 0.200. The topological polar surface area (TPSA) is 37.8 Å². The van der Waals surface area contributed by atoms with Crippen molar-refractivity contribution in [2.45, 2.75) is 6.92 Å². The van der Waals surface area contributed by atoms with Crippen LogP contribution in [0, 0.1) is 6.92 Å². The number of hydrogen-bond acceptors (Lipinski definition) is 3. The molecule has 0 aliphatic carbocycles. The van der Waals surface area contributed by atoms with Crippen LogP contribution < -0.4 is 5.32 Å². The molecule has 1 N–H and O–H groups in total. The predicted molar refractivity (Wildman–Crippen MR) is 66.5 cm³/mol. The number of halogens is 2. The molecule has 78 valence electrons. The summed E-state index contributed by atoms with van der Waals surface area (Å²) >= 11 is 9.31. The fourth-order valence-electron chi connectivity index (χ4n) is 1.47. The summed E-state index contributed by atoms with van der Waals surface area (Å²) in [5.41, 5.74) is 1.93. The first-order valence-corrected chi connectivity index (χ1v) is 5.60. The normalized spacial score (nSPS) is 10.7. The van der Waals surface area contributed by atoms with E-state index in [-0.39, 0.29) is 5.28 Å². The van der Waals surface area contributed by atoms with E-state index in [1.165, 1.54) is 0 Å². The summed E-state index contributed by atoms with van der Waals surface area (Å²) in [5.74, 6) is 0.751. The van der Waals surface area contributed by atoms with E-state index in [9.17, 15) is 0 Å². The molecule has 0 saturated carbocycles. The zero-order valence-electron chi connectivity index (χ0n) is 8.31. The zero-order valence-corrected chi connectivity index (χ0v) is 10.6. The Hall–Kier alpha value is -0.870. The van der Waals surface area contributed by atoms with Gasteiger partial charge in [-0.3, -0.25) is 0 Å². The largest absolute Gasteiger partial charge is 0.372 e. The van der Waals surface area contributed by atoms with Crippen molar-refractivity contribution < 1.29 is 0 Å². The molecular weight excluding hydrogens is 277 g/mol. The van der Waals surface area contributed by atoms with Gasteiger partial charge >= 0.3 is 0 Å². The van der Waals surface area contributed by atoms with Crippen LogP contribution in [-0.4, -0.2) is 17.0 Å². The summed E-state index contributed by atoms with van der Waals surface area (Å²) < 4.78 is 1.02. The van der Waals surface area contributed by atoms with Crippen LogP contribution in [0.1, 0.15) is 5.56 Å². The Morgan fingerprint density at radius 2 is 2.07 bits per heavy atom. The minimum Gasteiger partial charge on any atom is -0.372 e. The molecule has 0 saturated heterocycles. The maximum Gasteiger partial charge on any atom is 0.224 e. The molecule has 0 fully saturated rings. The lowest BCUT2D eigenvalue weighted by Gasteiger charge is -2.08. The van der Waals surface area contributed by atoms with Crippen molar-refractivity contribution in [3.05, 3.63) is 27.5 Å². The summed E-state index contributed by atoms with van der Waals surface area (Å²) in [5, 5.41) is 4.24. The number of benzene rings is 1. The summed E-state index contributed by atoms with van der Waals surface area (Å²) in [7, 11) is 1.81. The number of nitrogens with zero attached hydrogens (tertiary/aromatic N) is 2. The first-order valence-electron chi connectivity index (χ1n) is 4.43. The van der Waals surface area contributed by atoms with E-state index in [0.29, 0.717) is 0 Å². The van der Waals surface area contributed by atoms with Crippen LogP contribution in [0.4, 0.5) is 5.82 Å². The van der Waals surface area contributed by atoms with Crippen molar-refractivity contribution >= 4 is 44.3 Å². The van der Waals surface area contributed by atoms with E-state index < -0.39 is 0 Å². The van der Waals surface area contributed by atoms with Crippen LogP contribution in [0.3, 0.4) is 0 Å². The van der Waals surface area contributed by atoms with Gasteiger partial charge in [0.2, 0.25) is 5.28 Å². The molecule has 0 unspecified atom stereocenters. The molecule has 1 heterocycles. The molecule has 1 aromatic carbocycles. The average molecular weight is 287 g/mol. The molecule has 1 aromatic heterocycles. The van der Waals surface area contributed by atoms with E-state index in [0.717, 1.165) is 26.8 Å². The zero-order chi connectivity index (χ0) is 11.0. The second-order valence-electron chi connectivity index (χ2n) is 3.16. The van der Waals surface area contributed by atoms with Crippen LogP contribution >= 0.6 is 27.5 Å². The lowest BCUT2D eigenvalue weighted by molar-refractivity contribution is 1.20. The highest BCUT2D eigenvalue weighted by molar-refractivity contribution is 9.10. The predicted octanol–water partition coefficient (Wildman–Crippen LogP) is 3.40. The molecule has 0 spiro atoms. The van der Waals surface area contributed by atoms with Crippen LogP contribution in [0.15, 0.2) is 16.6 Å². The highest BCUT2D eigenvalue weighted by Crippen LogP contribution is 2.28. The quantitative estimate of drug-likeness (QED) is 0.817. The van der Waals surface area contributed by atoms with Crippen molar-refractivity contribution in [2.75, 3.05) is 12.4 Å². The van der Waals surface area contributed by atoms with Crippen LogP contribution in [0.5, 0.6) is 0 Å². The van der Waals surface area contributed by atoms with Crippen molar-refractivity contribution in [3.8, 4) is 0 Å². The van der Waals surface area contributed by atoms with E-state index in [1.54, 1.807) is 0 Å². The van der Waals surface area contributed by atoms with Gasteiger partial charge in [-0.2, -0.15) is 0 Å². The molecular formula is C10H9BrClN3. The standard InChI is InChI=1S/C10H9BrClN3/c1-5-7(11)4-3-6-8(5)14-10(12)15-9(6)13-2/h3-4H,1-2H3,(H,13,14,15). The van der Waals surface area contributed by atoms with Gasteiger partial charge < -0.3 is 5.32 Å². The number of aryl methyl sites for hydroxylation is 1. The lowest BCUT2D eigenvalue weighted by Crippen LogP contribution is -1.97. The molecule has 0 atom stereocenters. The van der Waals surface area contributed by atoms with Gasteiger partial charge in [-0.25, -0.2) is 9.97 Å². The Morgan fingerprint density at radius 1 is 1.33 bits per heavy atom. The minimum absolute atomic E-state index is 0.257. The van der Waals surface area contributed by atoms with E-state index >= 15 is 0 Å². The highest BCUT2D eigenvalue weighted by atomic mass is 79.9. The third-order valence-electron chi connectivity index (χ3n) is 2.26.